The van der Waals surface area contributed by atoms with Gasteiger partial charge in [-0.05, 0) is 49.4 Å². The number of rotatable bonds is 8. The van der Waals surface area contributed by atoms with Crippen molar-refractivity contribution in [2.45, 2.75) is 80.6 Å². The van der Waals surface area contributed by atoms with Crippen molar-refractivity contribution in [1.29, 1.82) is 0 Å². The topological polar surface area (TPSA) is 43.4 Å². The minimum absolute atomic E-state index is 0.103. The van der Waals surface area contributed by atoms with Crippen molar-refractivity contribution in [3.8, 4) is 0 Å². The van der Waals surface area contributed by atoms with Gasteiger partial charge in [0.05, 0.1) is 12.5 Å². The molecule has 3 heteroatoms. The van der Waals surface area contributed by atoms with Crippen molar-refractivity contribution in [3.05, 3.63) is 0 Å². The van der Waals surface area contributed by atoms with Gasteiger partial charge in [-0.25, -0.2) is 0 Å². The molecular formula is C20H36O3. The Morgan fingerprint density at radius 1 is 1.17 bits per heavy atom. The van der Waals surface area contributed by atoms with Crippen LogP contribution in [0.15, 0.2) is 0 Å². The van der Waals surface area contributed by atoms with Gasteiger partial charge in [-0.2, -0.15) is 0 Å². The SMILES string of the molecule is CCC(C)(CC(C)(C)C)C(C(C)=O)C(C)C(=O)OCC1CCC1. The summed E-state index contributed by atoms with van der Waals surface area (Å²) in [5.74, 6) is -0.216. The lowest BCUT2D eigenvalue weighted by atomic mass is 9.61. The molecule has 3 atom stereocenters. The Balaban J connectivity index is 2.84. The largest absolute Gasteiger partial charge is 0.465 e. The molecule has 1 aliphatic carbocycles. The molecule has 23 heavy (non-hydrogen) atoms. The molecule has 1 aliphatic rings. The van der Waals surface area contributed by atoms with Crippen LogP contribution in [0.2, 0.25) is 0 Å². The first kappa shape index (κ1) is 20.2. The highest BCUT2D eigenvalue weighted by molar-refractivity contribution is 5.85. The van der Waals surface area contributed by atoms with Crippen molar-refractivity contribution in [1.82, 2.24) is 0 Å². The van der Waals surface area contributed by atoms with Crippen LogP contribution < -0.4 is 0 Å². The van der Waals surface area contributed by atoms with E-state index in [9.17, 15) is 9.59 Å². The van der Waals surface area contributed by atoms with Crippen LogP contribution in [0.25, 0.3) is 0 Å². The van der Waals surface area contributed by atoms with Crippen LogP contribution in [0.1, 0.15) is 80.6 Å². The van der Waals surface area contributed by atoms with Crippen molar-refractivity contribution < 1.29 is 14.3 Å². The number of hydrogen-bond donors (Lipinski definition) is 0. The van der Waals surface area contributed by atoms with Crippen LogP contribution in [0, 0.1) is 28.6 Å². The third-order valence-corrected chi connectivity index (χ3v) is 5.49. The van der Waals surface area contributed by atoms with E-state index in [1.165, 1.54) is 6.42 Å². The van der Waals surface area contributed by atoms with E-state index in [4.69, 9.17) is 4.74 Å². The lowest BCUT2D eigenvalue weighted by molar-refractivity contribution is -0.157. The van der Waals surface area contributed by atoms with E-state index in [0.29, 0.717) is 12.5 Å². The summed E-state index contributed by atoms with van der Waals surface area (Å²) in [6.45, 7) is 14.9. The van der Waals surface area contributed by atoms with E-state index in [-0.39, 0.29) is 34.4 Å². The highest BCUT2D eigenvalue weighted by Crippen LogP contribution is 2.45. The maximum atomic E-state index is 12.5. The molecule has 0 spiro atoms. The van der Waals surface area contributed by atoms with Gasteiger partial charge >= 0.3 is 5.97 Å². The molecule has 0 N–H and O–H groups in total. The number of carbonyl (C=O) groups excluding carboxylic acids is 2. The third-order valence-electron chi connectivity index (χ3n) is 5.49. The van der Waals surface area contributed by atoms with Crippen LogP contribution >= 0.6 is 0 Å². The number of ketones is 1. The Labute approximate surface area is 142 Å². The van der Waals surface area contributed by atoms with E-state index >= 15 is 0 Å². The molecular weight excluding hydrogens is 288 g/mol. The minimum atomic E-state index is -0.375. The van der Waals surface area contributed by atoms with Gasteiger partial charge in [-0.3, -0.25) is 9.59 Å². The van der Waals surface area contributed by atoms with Gasteiger partial charge in [0.25, 0.3) is 0 Å². The molecule has 0 bridgehead atoms. The predicted octanol–water partition coefficient (Wildman–Crippen LogP) is 5.02. The van der Waals surface area contributed by atoms with E-state index in [1.54, 1.807) is 6.92 Å². The Hall–Kier alpha value is -0.860. The summed E-state index contributed by atoms with van der Waals surface area (Å²) in [5, 5.41) is 0. The summed E-state index contributed by atoms with van der Waals surface area (Å²) in [5.41, 5.74) is -0.0625. The Morgan fingerprint density at radius 2 is 1.74 bits per heavy atom. The van der Waals surface area contributed by atoms with Crippen molar-refractivity contribution in [2.75, 3.05) is 6.61 Å². The predicted molar refractivity (Wildman–Crippen MR) is 94.1 cm³/mol. The van der Waals surface area contributed by atoms with Crippen LogP contribution in [0.4, 0.5) is 0 Å². The summed E-state index contributed by atoms with van der Waals surface area (Å²) >= 11 is 0. The van der Waals surface area contributed by atoms with Gasteiger partial charge in [-0.15, -0.1) is 0 Å². The van der Waals surface area contributed by atoms with E-state index < -0.39 is 0 Å². The summed E-state index contributed by atoms with van der Waals surface area (Å²) in [6.07, 6.45) is 5.37. The molecule has 0 radical (unpaired) electrons. The summed E-state index contributed by atoms with van der Waals surface area (Å²) in [7, 11) is 0. The highest BCUT2D eigenvalue weighted by Gasteiger charge is 2.44. The smallest absolute Gasteiger partial charge is 0.309 e. The Bertz CT molecular complexity index is 417. The molecule has 1 rings (SSSR count). The molecule has 1 fully saturated rings. The second kappa shape index (κ2) is 7.81. The normalized spacial score (nSPS) is 21.0. The van der Waals surface area contributed by atoms with E-state index in [2.05, 4.69) is 34.6 Å². The van der Waals surface area contributed by atoms with Gasteiger partial charge in [0, 0.05) is 5.92 Å². The second-order valence-corrected chi connectivity index (χ2v) is 9.05. The highest BCUT2D eigenvalue weighted by atomic mass is 16.5. The fraction of sp³-hybridized carbons (Fsp3) is 0.900. The molecule has 134 valence electrons. The van der Waals surface area contributed by atoms with Gasteiger partial charge in [0.2, 0.25) is 0 Å². The number of carbonyl (C=O) groups is 2. The molecule has 0 aromatic heterocycles. The third kappa shape index (κ3) is 5.61. The van der Waals surface area contributed by atoms with Crippen molar-refractivity contribution in [2.24, 2.45) is 28.6 Å². The molecule has 1 saturated carbocycles. The number of ether oxygens (including phenoxy) is 1. The van der Waals surface area contributed by atoms with E-state index in [1.807, 2.05) is 6.92 Å². The Kier molecular flexibility index (Phi) is 6.85. The molecule has 0 saturated heterocycles. The summed E-state index contributed by atoms with van der Waals surface area (Å²) < 4.78 is 5.52. The van der Waals surface area contributed by atoms with Crippen LogP contribution in [-0.2, 0) is 14.3 Å². The first-order valence-corrected chi connectivity index (χ1v) is 9.17. The quantitative estimate of drug-likeness (QED) is 0.589. The van der Waals surface area contributed by atoms with Crippen LogP contribution in [-0.4, -0.2) is 18.4 Å². The zero-order valence-electron chi connectivity index (χ0n) is 16.2. The second-order valence-electron chi connectivity index (χ2n) is 9.05. The summed E-state index contributed by atoms with van der Waals surface area (Å²) in [4.78, 5) is 24.9. The van der Waals surface area contributed by atoms with Gasteiger partial charge < -0.3 is 4.74 Å². The van der Waals surface area contributed by atoms with Crippen molar-refractivity contribution in [3.63, 3.8) is 0 Å². The molecule has 3 unspecified atom stereocenters. The monoisotopic (exact) mass is 324 g/mol. The van der Waals surface area contributed by atoms with Gasteiger partial charge in [0.15, 0.2) is 0 Å². The fourth-order valence-electron chi connectivity index (χ4n) is 4.24. The Morgan fingerprint density at radius 3 is 2.09 bits per heavy atom. The summed E-state index contributed by atoms with van der Waals surface area (Å²) in [6, 6.07) is 0. The molecule has 3 nitrogen and oxygen atoms in total. The van der Waals surface area contributed by atoms with Gasteiger partial charge in [-0.1, -0.05) is 48.0 Å². The molecule has 0 aliphatic heterocycles. The zero-order chi connectivity index (χ0) is 17.8. The number of Topliss-reactive ketones (excluding diaryl/α,β-unsaturated/α-hetero) is 1. The van der Waals surface area contributed by atoms with Crippen LogP contribution in [0.3, 0.4) is 0 Å². The van der Waals surface area contributed by atoms with Crippen molar-refractivity contribution >= 4 is 11.8 Å². The lowest BCUT2D eigenvalue weighted by Crippen LogP contribution is -2.42. The fourth-order valence-corrected chi connectivity index (χ4v) is 4.24. The average molecular weight is 325 g/mol. The first-order chi connectivity index (χ1) is 10.5. The first-order valence-electron chi connectivity index (χ1n) is 9.17. The van der Waals surface area contributed by atoms with Crippen LogP contribution in [0.5, 0.6) is 0 Å². The molecule has 0 amide bonds. The number of hydrogen-bond acceptors (Lipinski definition) is 3. The molecule has 0 aromatic rings. The zero-order valence-corrected chi connectivity index (χ0v) is 16.2. The maximum absolute atomic E-state index is 12.5. The number of esters is 1. The van der Waals surface area contributed by atoms with E-state index in [0.717, 1.165) is 25.7 Å². The van der Waals surface area contributed by atoms with Gasteiger partial charge in [0.1, 0.15) is 5.78 Å². The average Bonchev–Trinajstić information content (AvgIpc) is 2.33. The lowest BCUT2D eigenvalue weighted by Gasteiger charge is -2.42. The molecule has 0 heterocycles. The standard InChI is InChI=1S/C20H36O3/c1-8-20(7,13-19(4,5)6)17(15(3)21)14(2)18(22)23-12-16-10-9-11-16/h14,16-17H,8-13H2,1-7H3. The maximum Gasteiger partial charge on any atom is 0.309 e. The minimum Gasteiger partial charge on any atom is -0.465 e. The molecule has 0 aromatic carbocycles.